The molecule has 0 spiro atoms. The van der Waals surface area contributed by atoms with E-state index in [-0.39, 0.29) is 5.56 Å². The van der Waals surface area contributed by atoms with E-state index in [9.17, 15) is 4.79 Å². The van der Waals surface area contributed by atoms with E-state index >= 15 is 0 Å². The second-order valence-corrected chi connectivity index (χ2v) is 5.37. The van der Waals surface area contributed by atoms with Gasteiger partial charge in [0.15, 0.2) is 0 Å². The zero-order valence-electron chi connectivity index (χ0n) is 10.4. The van der Waals surface area contributed by atoms with Gasteiger partial charge in [-0.05, 0) is 18.4 Å². The van der Waals surface area contributed by atoms with Crippen molar-refractivity contribution in [2.45, 2.75) is 25.3 Å². The van der Waals surface area contributed by atoms with E-state index < -0.39 is 0 Å². The minimum absolute atomic E-state index is 0.132. The maximum atomic E-state index is 11.9. The normalized spacial score (nSPS) is 26.4. The Morgan fingerprint density at radius 3 is 3.06 bits per heavy atom. The zero-order valence-corrected chi connectivity index (χ0v) is 10.4. The first-order valence-corrected chi connectivity index (χ1v) is 6.57. The number of hydrogen-bond acceptors (Lipinski definition) is 3. The maximum absolute atomic E-state index is 11.9. The fourth-order valence-electron chi connectivity index (χ4n) is 3.39. The molecule has 1 aromatic heterocycles. The number of likely N-dealkylation sites (tertiary alicyclic amines) is 1. The van der Waals surface area contributed by atoms with Crippen molar-refractivity contribution in [2.24, 2.45) is 5.92 Å². The summed E-state index contributed by atoms with van der Waals surface area (Å²) in [5.74, 6) is 1.03. The molecule has 0 amide bonds. The number of pyridine rings is 1. The van der Waals surface area contributed by atoms with E-state index in [1.165, 1.54) is 12.1 Å². The van der Waals surface area contributed by atoms with Crippen LogP contribution < -0.4 is 5.56 Å². The second-order valence-electron chi connectivity index (χ2n) is 5.37. The molecule has 3 rings (SSSR count). The Morgan fingerprint density at radius 1 is 1.33 bits per heavy atom. The van der Waals surface area contributed by atoms with Gasteiger partial charge in [-0.25, -0.2) is 0 Å². The van der Waals surface area contributed by atoms with Gasteiger partial charge in [0.05, 0.1) is 6.07 Å². The second kappa shape index (κ2) is 4.58. The third-order valence-electron chi connectivity index (χ3n) is 4.10. The van der Waals surface area contributed by atoms with Gasteiger partial charge >= 0.3 is 0 Å². The summed E-state index contributed by atoms with van der Waals surface area (Å²) in [6, 6.07) is 7.81. The number of piperidine rings is 1. The van der Waals surface area contributed by atoms with Crippen LogP contribution in [0.5, 0.6) is 0 Å². The lowest BCUT2D eigenvalue weighted by molar-refractivity contribution is 0.122. The monoisotopic (exact) mass is 243 g/mol. The van der Waals surface area contributed by atoms with Crippen LogP contribution in [0.3, 0.4) is 0 Å². The number of aromatic nitrogens is 1. The van der Waals surface area contributed by atoms with Gasteiger partial charge in [-0.2, -0.15) is 5.26 Å². The third kappa shape index (κ3) is 1.95. The van der Waals surface area contributed by atoms with E-state index in [1.807, 2.05) is 10.6 Å². The van der Waals surface area contributed by atoms with Gasteiger partial charge in [-0.3, -0.25) is 4.79 Å². The van der Waals surface area contributed by atoms with Crippen molar-refractivity contribution < 1.29 is 0 Å². The summed E-state index contributed by atoms with van der Waals surface area (Å²) in [4.78, 5) is 14.2. The van der Waals surface area contributed by atoms with Gasteiger partial charge in [0.1, 0.15) is 0 Å². The lowest BCUT2D eigenvalue weighted by atomic mass is 9.83. The highest BCUT2D eigenvalue weighted by atomic mass is 16.1. The van der Waals surface area contributed by atoms with Crippen molar-refractivity contribution in [3.63, 3.8) is 0 Å². The molecule has 4 heteroatoms. The molecular formula is C14H17N3O. The van der Waals surface area contributed by atoms with Crippen molar-refractivity contribution in [1.29, 1.82) is 5.26 Å². The molecule has 0 radical (unpaired) electrons. The van der Waals surface area contributed by atoms with Gasteiger partial charge in [-0.15, -0.1) is 0 Å². The smallest absolute Gasteiger partial charge is 0.250 e. The molecule has 2 atom stereocenters. The average Bonchev–Trinajstić information content (AvgIpc) is 2.38. The van der Waals surface area contributed by atoms with Crippen LogP contribution in [0.1, 0.15) is 24.5 Å². The molecule has 2 aliphatic rings. The first-order valence-electron chi connectivity index (χ1n) is 6.57. The number of rotatable bonds is 2. The Bertz CT molecular complexity index is 543. The highest BCUT2D eigenvalue weighted by molar-refractivity contribution is 5.16. The number of nitrogens with zero attached hydrogens (tertiary/aromatic N) is 3. The van der Waals surface area contributed by atoms with Crippen LogP contribution in [0.4, 0.5) is 0 Å². The first-order chi connectivity index (χ1) is 8.78. The van der Waals surface area contributed by atoms with E-state index in [0.717, 1.165) is 26.2 Å². The summed E-state index contributed by atoms with van der Waals surface area (Å²) in [6.07, 6.45) is 1.79. The summed E-state index contributed by atoms with van der Waals surface area (Å²) >= 11 is 0. The first kappa shape index (κ1) is 11.5. The van der Waals surface area contributed by atoms with Crippen molar-refractivity contribution in [2.75, 3.05) is 19.6 Å². The van der Waals surface area contributed by atoms with Crippen molar-refractivity contribution in [1.82, 2.24) is 9.47 Å². The highest BCUT2D eigenvalue weighted by Gasteiger charge is 2.33. The molecule has 0 aromatic carbocycles. The lowest BCUT2D eigenvalue weighted by Gasteiger charge is -2.42. The molecule has 2 bridgehead atoms. The molecule has 0 saturated carbocycles. The Hall–Kier alpha value is -1.60. The fraction of sp³-hybridized carbons (Fsp3) is 0.571. The molecule has 0 N–H and O–H groups in total. The van der Waals surface area contributed by atoms with E-state index in [0.29, 0.717) is 18.3 Å². The highest BCUT2D eigenvalue weighted by Crippen LogP contribution is 2.34. The van der Waals surface area contributed by atoms with Crippen LogP contribution in [-0.4, -0.2) is 29.1 Å². The Kier molecular flexibility index (Phi) is 2.92. The van der Waals surface area contributed by atoms with Crippen molar-refractivity contribution in [3.05, 3.63) is 34.2 Å². The maximum Gasteiger partial charge on any atom is 0.250 e. The molecule has 3 heterocycles. The fourth-order valence-corrected chi connectivity index (χ4v) is 3.39. The average molecular weight is 243 g/mol. The van der Waals surface area contributed by atoms with Crippen LogP contribution in [0.25, 0.3) is 0 Å². The molecular weight excluding hydrogens is 226 g/mol. The minimum atomic E-state index is 0.132. The molecule has 2 aliphatic heterocycles. The lowest BCUT2D eigenvalue weighted by Crippen LogP contribution is -2.47. The van der Waals surface area contributed by atoms with Crippen LogP contribution in [0.15, 0.2) is 23.0 Å². The number of hydrogen-bond donors (Lipinski definition) is 0. The van der Waals surface area contributed by atoms with Gasteiger partial charge < -0.3 is 9.47 Å². The predicted molar refractivity (Wildman–Crippen MR) is 68.2 cm³/mol. The Morgan fingerprint density at radius 2 is 2.22 bits per heavy atom. The van der Waals surface area contributed by atoms with Crippen LogP contribution in [0.2, 0.25) is 0 Å². The zero-order chi connectivity index (χ0) is 12.5. The van der Waals surface area contributed by atoms with Gasteiger partial charge in [0.2, 0.25) is 0 Å². The van der Waals surface area contributed by atoms with E-state index in [4.69, 9.17) is 5.26 Å². The molecule has 0 unspecified atom stereocenters. The van der Waals surface area contributed by atoms with Crippen LogP contribution in [0, 0.1) is 17.2 Å². The van der Waals surface area contributed by atoms with Crippen molar-refractivity contribution >= 4 is 0 Å². The van der Waals surface area contributed by atoms with Crippen molar-refractivity contribution in [3.8, 4) is 6.07 Å². The van der Waals surface area contributed by atoms with E-state index in [2.05, 4.69) is 17.0 Å². The number of nitriles is 1. The van der Waals surface area contributed by atoms with E-state index in [1.54, 1.807) is 6.07 Å². The Balaban J connectivity index is 1.86. The Labute approximate surface area is 106 Å². The standard InChI is InChI=1S/C14H17N3O/c15-5-2-6-16-8-11-7-12(10-16)13-3-1-4-14(18)17(13)9-11/h1,3-4,11-12H,2,6-10H2/t11-,12-/m0/s1. The molecule has 1 saturated heterocycles. The topological polar surface area (TPSA) is 49.0 Å². The third-order valence-corrected chi connectivity index (χ3v) is 4.10. The number of fused-ring (bicyclic) bond motifs is 4. The van der Waals surface area contributed by atoms with Crippen LogP contribution >= 0.6 is 0 Å². The van der Waals surface area contributed by atoms with Gasteiger partial charge in [0, 0.05) is 50.3 Å². The summed E-state index contributed by atoms with van der Waals surface area (Å²) in [5.41, 5.74) is 1.31. The molecule has 1 aromatic rings. The quantitative estimate of drug-likeness (QED) is 0.783. The van der Waals surface area contributed by atoms with Crippen LogP contribution in [-0.2, 0) is 6.54 Å². The molecule has 94 valence electrons. The predicted octanol–water partition coefficient (Wildman–Crippen LogP) is 1.18. The largest absolute Gasteiger partial charge is 0.312 e. The SMILES string of the molecule is N#CCCN1C[C@@H]2C[C@@H](C1)c1cccc(=O)n1C2. The van der Waals surface area contributed by atoms with Gasteiger partial charge in [-0.1, -0.05) is 6.07 Å². The molecule has 4 nitrogen and oxygen atoms in total. The summed E-state index contributed by atoms with van der Waals surface area (Å²) in [6.45, 7) is 3.72. The summed E-state index contributed by atoms with van der Waals surface area (Å²) in [7, 11) is 0. The summed E-state index contributed by atoms with van der Waals surface area (Å²) in [5, 5.41) is 8.67. The molecule has 1 fully saturated rings. The van der Waals surface area contributed by atoms with Gasteiger partial charge in [0.25, 0.3) is 5.56 Å². The molecule has 0 aliphatic carbocycles. The molecule has 18 heavy (non-hydrogen) atoms. The minimum Gasteiger partial charge on any atom is -0.312 e. The summed E-state index contributed by atoms with van der Waals surface area (Å²) < 4.78 is 1.94.